The Hall–Kier alpha value is -2.11. The molecular formula is C18H18Cl2N2O3. The second kappa shape index (κ2) is 7.85. The highest BCUT2D eigenvalue weighted by molar-refractivity contribution is 6.34. The lowest BCUT2D eigenvalue weighted by molar-refractivity contribution is -0.133. The maximum absolute atomic E-state index is 12.3. The summed E-state index contributed by atoms with van der Waals surface area (Å²) in [5.74, 6) is 0.570. The number of carbonyl (C=O) groups excluding carboxylic acids is 1. The Balaban J connectivity index is 1.51. The molecule has 0 unspecified atom stereocenters. The lowest BCUT2D eigenvalue weighted by Crippen LogP contribution is -2.50. The topological polar surface area (TPSA) is 53.0 Å². The zero-order valence-corrected chi connectivity index (χ0v) is 15.0. The number of halogens is 2. The van der Waals surface area contributed by atoms with Crippen molar-refractivity contribution in [2.75, 3.05) is 37.7 Å². The average molecular weight is 381 g/mol. The van der Waals surface area contributed by atoms with Crippen molar-refractivity contribution in [2.45, 2.75) is 0 Å². The summed E-state index contributed by atoms with van der Waals surface area (Å²) < 4.78 is 5.51. The van der Waals surface area contributed by atoms with E-state index in [-0.39, 0.29) is 18.3 Å². The van der Waals surface area contributed by atoms with Crippen LogP contribution < -0.4 is 9.64 Å². The van der Waals surface area contributed by atoms with E-state index in [9.17, 15) is 9.90 Å². The number of phenolic OH excluding ortho intramolecular Hbond substituents is 1. The molecule has 2 aromatic carbocycles. The van der Waals surface area contributed by atoms with Gasteiger partial charge in [0.25, 0.3) is 5.91 Å². The smallest absolute Gasteiger partial charge is 0.260 e. The Morgan fingerprint density at radius 3 is 2.40 bits per heavy atom. The van der Waals surface area contributed by atoms with Crippen molar-refractivity contribution in [1.29, 1.82) is 0 Å². The maximum Gasteiger partial charge on any atom is 0.260 e. The third kappa shape index (κ3) is 4.50. The number of carbonyl (C=O) groups is 1. The van der Waals surface area contributed by atoms with Gasteiger partial charge in [-0.2, -0.15) is 0 Å². The Morgan fingerprint density at radius 2 is 1.72 bits per heavy atom. The molecule has 132 valence electrons. The number of nitrogens with zero attached hydrogens (tertiary/aromatic N) is 2. The molecule has 0 aromatic heterocycles. The van der Waals surface area contributed by atoms with E-state index in [2.05, 4.69) is 4.90 Å². The summed E-state index contributed by atoms with van der Waals surface area (Å²) >= 11 is 11.9. The molecule has 3 rings (SSSR count). The van der Waals surface area contributed by atoms with Crippen molar-refractivity contribution < 1.29 is 14.6 Å². The molecule has 2 aromatic rings. The van der Waals surface area contributed by atoms with Crippen LogP contribution in [0.25, 0.3) is 0 Å². The lowest BCUT2D eigenvalue weighted by atomic mass is 10.2. The Bertz CT molecular complexity index is 744. The Kier molecular flexibility index (Phi) is 5.56. The highest BCUT2D eigenvalue weighted by Crippen LogP contribution is 2.27. The van der Waals surface area contributed by atoms with Crippen LogP contribution in [0.2, 0.25) is 10.0 Å². The molecule has 0 aliphatic carbocycles. The van der Waals surface area contributed by atoms with Crippen LogP contribution in [0.1, 0.15) is 0 Å². The van der Waals surface area contributed by atoms with E-state index in [1.54, 1.807) is 35.2 Å². The van der Waals surface area contributed by atoms with Crippen LogP contribution in [0, 0.1) is 0 Å². The molecule has 1 N–H and O–H groups in total. The molecule has 0 spiro atoms. The van der Waals surface area contributed by atoms with Crippen LogP contribution in [0.4, 0.5) is 5.69 Å². The molecule has 1 aliphatic heterocycles. The molecule has 1 fully saturated rings. The molecule has 0 radical (unpaired) electrons. The number of hydrogen-bond acceptors (Lipinski definition) is 4. The van der Waals surface area contributed by atoms with Gasteiger partial charge < -0.3 is 19.6 Å². The van der Waals surface area contributed by atoms with Crippen LogP contribution in [0.3, 0.4) is 0 Å². The van der Waals surface area contributed by atoms with E-state index >= 15 is 0 Å². The SMILES string of the molecule is O=C(COc1cc(Cl)ccc1Cl)N1CCN(c2ccc(O)cc2)CC1. The normalized spacial score (nSPS) is 14.5. The fraction of sp³-hybridized carbons (Fsp3) is 0.278. The molecular weight excluding hydrogens is 363 g/mol. The monoisotopic (exact) mass is 380 g/mol. The first-order valence-electron chi connectivity index (χ1n) is 7.92. The van der Waals surface area contributed by atoms with Gasteiger partial charge in [-0.25, -0.2) is 0 Å². The molecule has 1 saturated heterocycles. The number of ether oxygens (including phenoxy) is 1. The molecule has 5 nitrogen and oxygen atoms in total. The molecule has 25 heavy (non-hydrogen) atoms. The summed E-state index contributed by atoms with van der Waals surface area (Å²) in [5, 5.41) is 10.3. The number of piperazine rings is 1. The zero-order valence-electron chi connectivity index (χ0n) is 13.5. The van der Waals surface area contributed by atoms with Gasteiger partial charge in [-0.05, 0) is 36.4 Å². The molecule has 1 heterocycles. The fourth-order valence-electron chi connectivity index (χ4n) is 2.70. The predicted octanol–water partition coefficient (Wildman–Crippen LogP) is 3.43. The van der Waals surface area contributed by atoms with Crippen molar-refractivity contribution in [3.05, 3.63) is 52.5 Å². The van der Waals surface area contributed by atoms with Crippen LogP contribution >= 0.6 is 23.2 Å². The van der Waals surface area contributed by atoms with Gasteiger partial charge in [-0.1, -0.05) is 23.2 Å². The fourth-order valence-corrected chi connectivity index (χ4v) is 3.03. The Labute approximate surface area is 156 Å². The number of aromatic hydroxyl groups is 1. The van der Waals surface area contributed by atoms with Gasteiger partial charge in [-0.3, -0.25) is 4.79 Å². The summed E-state index contributed by atoms with van der Waals surface area (Å²) in [5.41, 5.74) is 1.03. The Morgan fingerprint density at radius 1 is 1.04 bits per heavy atom. The van der Waals surface area contributed by atoms with Crippen LogP contribution in [0.15, 0.2) is 42.5 Å². The lowest BCUT2D eigenvalue weighted by Gasteiger charge is -2.36. The van der Waals surface area contributed by atoms with Gasteiger partial charge in [0.05, 0.1) is 5.02 Å². The standard InChI is InChI=1S/C18H18Cl2N2O3/c19-13-1-6-16(20)17(11-13)25-12-18(24)22-9-7-21(8-10-22)14-2-4-15(23)5-3-14/h1-6,11,23H,7-10,12H2. The van der Waals surface area contributed by atoms with Crippen LogP contribution in [-0.2, 0) is 4.79 Å². The number of hydrogen-bond donors (Lipinski definition) is 1. The van der Waals surface area contributed by atoms with Crippen molar-refractivity contribution >= 4 is 34.8 Å². The van der Waals surface area contributed by atoms with Crippen molar-refractivity contribution in [3.63, 3.8) is 0 Å². The minimum Gasteiger partial charge on any atom is -0.508 e. The summed E-state index contributed by atoms with van der Waals surface area (Å²) in [6, 6.07) is 12.0. The van der Waals surface area contributed by atoms with E-state index in [0.717, 1.165) is 18.8 Å². The van der Waals surface area contributed by atoms with E-state index in [4.69, 9.17) is 27.9 Å². The largest absolute Gasteiger partial charge is 0.508 e. The molecule has 1 amide bonds. The summed E-state index contributed by atoms with van der Waals surface area (Å²) in [6.07, 6.45) is 0. The molecule has 0 bridgehead atoms. The van der Waals surface area contributed by atoms with Crippen molar-refractivity contribution in [3.8, 4) is 11.5 Å². The molecule has 0 saturated carbocycles. The van der Waals surface area contributed by atoms with Gasteiger partial charge in [0, 0.05) is 43.0 Å². The van der Waals surface area contributed by atoms with Crippen LogP contribution in [0.5, 0.6) is 11.5 Å². The first-order chi connectivity index (χ1) is 12.0. The number of anilines is 1. The van der Waals surface area contributed by atoms with Crippen LogP contribution in [-0.4, -0.2) is 48.7 Å². The van der Waals surface area contributed by atoms with E-state index in [1.807, 2.05) is 12.1 Å². The third-order valence-electron chi connectivity index (χ3n) is 4.09. The predicted molar refractivity (Wildman–Crippen MR) is 98.9 cm³/mol. The average Bonchev–Trinajstić information content (AvgIpc) is 2.63. The van der Waals surface area contributed by atoms with Gasteiger partial charge in [-0.15, -0.1) is 0 Å². The second-order valence-corrected chi connectivity index (χ2v) is 6.59. The number of amides is 1. The molecule has 7 heteroatoms. The van der Waals surface area contributed by atoms with E-state index < -0.39 is 0 Å². The molecule has 0 atom stereocenters. The van der Waals surface area contributed by atoms with Gasteiger partial charge >= 0.3 is 0 Å². The third-order valence-corrected chi connectivity index (χ3v) is 4.64. The summed E-state index contributed by atoms with van der Waals surface area (Å²) in [7, 11) is 0. The van der Waals surface area contributed by atoms with E-state index in [1.165, 1.54) is 0 Å². The number of benzene rings is 2. The summed E-state index contributed by atoms with van der Waals surface area (Å²) in [4.78, 5) is 16.3. The maximum atomic E-state index is 12.3. The number of phenols is 1. The highest BCUT2D eigenvalue weighted by Gasteiger charge is 2.21. The highest BCUT2D eigenvalue weighted by atomic mass is 35.5. The quantitative estimate of drug-likeness (QED) is 0.882. The van der Waals surface area contributed by atoms with Crippen molar-refractivity contribution in [1.82, 2.24) is 4.90 Å². The summed E-state index contributed by atoms with van der Waals surface area (Å²) in [6.45, 7) is 2.63. The van der Waals surface area contributed by atoms with Crippen molar-refractivity contribution in [2.24, 2.45) is 0 Å². The van der Waals surface area contributed by atoms with Gasteiger partial charge in [0.15, 0.2) is 6.61 Å². The zero-order chi connectivity index (χ0) is 17.8. The van der Waals surface area contributed by atoms with E-state index in [0.29, 0.717) is 28.9 Å². The first-order valence-corrected chi connectivity index (χ1v) is 8.68. The minimum absolute atomic E-state index is 0.0702. The first kappa shape index (κ1) is 17.7. The second-order valence-electron chi connectivity index (χ2n) is 5.75. The molecule has 1 aliphatic rings. The number of rotatable bonds is 4. The van der Waals surface area contributed by atoms with Gasteiger partial charge in [0.2, 0.25) is 0 Å². The minimum atomic E-state index is -0.0820. The van der Waals surface area contributed by atoms with Gasteiger partial charge in [0.1, 0.15) is 11.5 Å².